The van der Waals surface area contributed by atoms with Gasteiger partial charge in [0, 0.05) is 45.3 Å². The van der Waals surface area contributed by atoms with E-state index in [1.165, 1.54) is 0 Å². The number of aryl methyl sites for hydroxylation is 2. The van der Waals surface area contributed by atoms with Gasteiger partial charge in [0.1, 0.15) is 5.76 Å². The molecule has 2 heterocycles. The first-order chi connectivity index (χ1) is 13.5. The fourth-order valence-corrected chi connectivity index (χ4v) is 4.05. The lowest BCUT2D eigenvalue weighted by Gasteiger charge is -2.22. The second-order valence-electron chi connectivity index (χ2n) is 6.75. The minimum atomic E-state index is -3.36. The summed E-state index contributed by atoms with van der Waals surface area (Å²) < 4.78 is 37.9. The SMILES string of the molecule is CCc1noc(CC)c1CNC(=NC)NCCS(=O)(=O)NCC1CCCCO1. The van der Waals surface area contributed by atoms with Gasteiger partial charge in [-0.15, -0.1) is 0 Å². The van der Waals surface area contributed by atoms with Crippen LogP contribution in [0.4, 0.5) is 0 Å². The van der Waals surface area contributed by atoms with Crippen LogP contribution in [0.1, 0.15) is 50.1 Å². The van der Waals surface area contributed by atoms with Crippen LogP contribution in [0.15, 0.2) is 9.52 Å². The number of aliphatic imine (C=N–C) groups is 1. The van der Waals surface area contributed by atoms with E-state index >= 15 is 0 Å². The molecule has 3 N–H and O–H groups in total. The van der Waals surface area contributed by atoms with Gasteiger partial charge in [0.05, 0.1) is 17.6 Å². The van der Waals surface area contributed by atoms with Gasteiger partial charge < -0.3 is 19.9 Å². The lowest BCUT2D eigenvalue weighted by molar-refractivity contribution is 0.0200. The van der Waals surface area contributed by atoms with Gasteiger partial charge in [-0.25, -0.2) is 13.1 Å². The highest BCUT2D eigenvalue weighted by atomic mass is 32.2. The molecule has 2 rings (SSSR count). The molecule has 1 aromatic rings. The van der Waals surface area contributed by atoms with Crippen LogP contribution < -0.4 is 15.4 Å². The molecule has 9 nitrogen and oxygen atoms in total. The molecule has 0 saturated carbocycles. The van der Waals surface area contributed by atoms with Gasteiger partial charge in [-0.1, -0.05) is 19.0 Å². The molecule has 1 fully saturated rings. The van der Waals surface area contributed by atoms with Crippen molar-refractivity contribution in [2.24, 2.45) is 4.99 Å². The molecule has 10 heteroatoms. The molecule has 1 saturated heterocycles. The van der Waals surface area contributed by atoms with Crippen LogP contribution in [0.2, 0.25) is 0 Å². The number of nitrogens with zero attached hydrogens (tertiary/aromatic N) is 2. The summed E-state index contributed by atoms with van der Waals surface area (Å²) in [6, 6.07) is 0. The number of ether oxygens (including phenoxy) is 1. The van der Waals surface area contributed by atoms with Crippen molar-refractivity contribution < 1.29 is 17.7 Å². The quantitative estimate of drug-likeness (QED) is 0.385. The summed E-state index contributed by atoms with van der Waals surface area (Å²) >= 11 is 0. The Labute approximate surface area is 167 Å². The first-order valence-corrected chi connectivity index (χ1v) is 11.6. The van der Waals surface area contributed by atoms with E-state index in [4.69, 9.17) is 9.26 Å². The minimum absolute atomic E-state index is 0.0185. The number of sulfonamides is 1. The largest absolute Gasteiger partial charge is 0.377 e. The average molecular weight is 416 g/mol. The Balaban J connectivity index is 1.75. The fraction of sp³-hybridized carbons (Fsp3) is 0.778. The number of rotatable bonds is 10. The van der Waals surface area contributed by atoms with Crippen molar-refractivity contribution in [3.63, 3.8) is 0 Å². The van der Waals surface area contributed by atoms with Crippen LogP contribution >= 0.6 is 0 Å². The van der Waals surface area contributed by atoms with Crippen molar-refractivity contribution in [1.29, 1.82) is 0 Å². The Hall–Kier alpha value is -1.65. The molecule has 0 aromatic carbocycles. The highest BCUT2D eigenvalue weighted by Gasteiger charge is 2.18. The maximum absolute atomic E-state index is 12.2. The van der Waals surface area contributed by atoms with E-state index in [1.54, 1.807) is 7.05 Å². The van der Waals surface area contributed by atoms with E-state index in [2.05, 4.69) is 25.5 Å². The zero-order chi connectivity index (χ0) is 20.4. The fourth-order valence-electron chi connectivity index (χ4n) is 3.09. The molecule has 0 spiro atoms. The smallest absolute Gasteiger partial charge is 0.213 e. The molecule has 0 amide bonds. The molecule has 1 unspecified atom stereocenters. The third-order valence-corrected chi connectivity index (χ3v) is 6.08. The third-order valence-electron chi connectivity index (χ3n) is 4.73. The van der Waals surface area contributed by atoms with Gasteiger partial charge in [0.2, 0.25) is 10.0 Å². The van der Waals surface area contributed by atoms with Crippen molar-refractivity contribution >= 4 is 16.0 Å². The molecule has 0 bridgehead atoms. The van der Waals surface area contributed by atoms with Crippen LogP contribution in [0.5, 0.6) is 0 Å². The topological polar surface area (TPSA) is 118 Å². The van der Waals surface area contributed by atoms with E-state index in [9.17, 15) is 8.42 Å². The number of nitrogens with one attached hydrogen (secondary N) is 3. The molecule has 0 aliphatic carbocycles. The van der Waals surface area contributed by atoms with Crippen LogP contribution in [0.25, 0.3) is 0 Å². The number of guanidine groups is 1. The predicted octanol–water partition coefficient (Wildman–Crippen LogP) is 0.953. The summed E-state index contributed by atoms with van der Waals surface area (Å²) in [4.78, 5) is 4.15. The first-order valence-electron chi connectivity index (χ1n) is 9.98. The average Bonchev–Trinajstić information content (AvgIpc) is 3.11. The number of hydrogen-bond acceptors (Lipinski definition) is 6. The van der Waals surface area contributed by atoms with Crippen molar-refractivity contribution in [2.45, 2.75) is 58.6 Å². The summed E-state index contributed by atoms with van der Waals surface area (Å²) in [5.41, 5.74) is 1.96. The van der Waals surface area contributed by atoms with Gasteiger partial charge in [0.25, 0.3) is 0 Å². The summed E-state index contributed by atoms with van der Waals surface area (Å²) in [5.74, 6) is 1.36. The van der Waals surface area contributed by atoms with E-state index < -0.39 is 10.0 Å². The lowest BCUT2D eigenvalue weighted by atomic mass is 10.1. The molecule has 160 valence electrons. The minimum Gasteiger partial charge on any atom is -0.377 e. The molecule has 28 heavy (non-hydrogen) atoms. The van der Waals surface area contributed by atoms with Gasteiger partial charge in [-0.3, -0.25) is 4.99 Å². The molecule has 1 aliphatic rings. The summed E-state index contributed by atoms with van der Waals surface area (Å²) in [6.07, 6.45) is 4.58. The van der Waals surface area contributed by atoms with Gasteiger partial charge in [-0.05, 0) is 25.7 Å². The summed E-state index contributed by atoms with van der Waals surface area (Å²) in [7, 11) is -1.71. The van der Waals surface area contributed by atoms with Crippen LogP contribution in [-0.2, 0) is 34.1 Å². The van der Waals surface area contributed by atoms with Crippen molar-refractivity contribution in [3.05, 3.63) is 17.0 Å². The Kier molecular flexibility index (Phi) is 9.20. The van der Waals surface area contributed by atoms with Crippen LogP contribution in [0, 0.1) is 0 Å². The van der Waals surface area contributed by atoms with Crippen LogP contribution in [0.3, 0.4) is 0 Å². The molecule has 0 radical (unpaired) electrons. The molecule has 1 aromatic heterocycles. The molecular weight excluding hydrogens is 382 g/mol. The second kappa shape index (κ2) is 11.4. The monoisotopic (exact) mass is 415 g/mol. The Bertz CT molecular complexity index is 705. The Morgan fingerprint density at radius 2 is 2.07 bits per heavy atom. The van der Waals surface area contributed by atoms with Gasteiger partial charge in [0.15, 0.2) is 5.96 Å². The van der Waals surface area contributed by atoms with Crippen molar-refractivity contribution in [2.75, 3.05) is 32.5 Å². The molecular formula is C18H33N5O4S. The highest BCUT2D eigenvalue weighted by molar-refractivity contribution is 7.89. The standard InChI is InChI=1S/C18H33N5O4S/c1-4-16-15(17(5-2)27-23-16)13-21-18(19-3)20-9-11-28(24,25)22-12-14-8-6-7-10-26-14/h14,22H,4-13H2,1-3H3,(H2,19,20,21). The zero-order valence-corrected chi connectivity index (χ0v) is 17.9. The summed E-state index contributed by atoms with van der Waals surface area (Å²) in [5, 5.41) is 10.3. The van der Waals surface area contributed by atoms with Crippen molar-refractivity contribution in [1.82, 2.24) is 20.5 Å². The third kappa shape index (κ3) is 7.06. The highest BCUT2D eigenvalue weighted by Crippen LogP contribution is 2.15. The Morgan fingerprint density at radius 3 is 2.71 bits per heavy atom. The maximum atomic E-state index is 12.2. The summed E-state index contributed by atoms with van der Waals surface area (Å²) in [6.45, 7) is 5.88. The maximum Gasteiger partial charge on any atom is 0.213 e. The molecule has 1 aliphatic heterocycles. The van der Waals surface area contributed by atoms with Crippen LogP contribution in [-0.4, -0.2) is 58.1 Å². The van der Waals surface area contributed by atoms with E-state index in [1.807, 2.05) is 13.8 Å². The van der Waals surface area contributed by atoms with Gasteiger partial charge >= 0.3 is 0 Å². The number of hydrogen-bond donors (Lipinski definition) is 3. The first kappa shape index (κ1) is 22.6. The predicted molar refractivity (Wildman–Crippen MR) is 109 cm³/mol. The zero-order valence-electron chi connectivity index (χ0n) is 17.1. The normalized spacial score (nSPS) is 18.2. The van der Waals surface area contributed by atoms with E-state index in [-0.39, 0.29) is 18.4 Å². The Morgan fingerprint density at radius 1 is 1.25 bits per heavy atom. The second-order valence-corrected chi connectivity index (χ2v) is 8.67. The lowest BCUT2D eigenvalue weighted by Crippen LogP contribution is -2.42. The van der Waals surface area contributed by atoms with Gasteiger partial charge in [-0.2, -0.15) is 0 Å². The molecule has 1 atom stereocenters. The van der Waals surface area contributed by atoms with E-state index in [0.717, 1.165) is 49.1 Å². The van der Waals surface area contributed by atoms with E-state index in [0.29, 0.717) is 25.7 Å². The number of aromatic nitrogens is 1. The van der Waals surface area contributed by atoms with Crippen molar-refractivity contribution in [3.8, 4) is 0 Å².